The van der Waals surface area contributed by atoms with E-state index in [1.54, 1.807) is 13.8 Å². The fourth-order valence-electron chi connectivity index (χ4n) is 1.35. The highest BCUT2D eigenvalue weighted by Crippen LogP contribution is 2.20. The zero-order chi connectivity index (χ0) is 12.5. The average Bonchev–Trinajstić information content (AvgIpc) is 2.44. The third kappa shape index (κ3) is 2.53. The molecule has 1 aromatic heterocycles. The average molecular weight is 246 g/mol. The van der Waals surface area contributed by atoms with Crippen molar-refractivity contribution in [1.29, 1.82) is 0 Å². The molecule has 92 valence electrons. The van der Waals surface area contributed by atoms with E-state index in [-0.39, 0.29) is 22.8 Å². The molecule has 0 saturated carbocycles. The second-order valence-corrected chi connectivity index (χ2v) is 5.89. The van der Waals surface area contributed by atoms with Crippen molar-refractivity contribution in [2.45, 2.75) is 44.7 Å². The van der Waals surface area contributed by atoms with E-state index in [2.05, 4.69) is 9.82 Å². The summed E-state index contributed by atoms with van der Waals surface area (Å²) in [5.74, 6) is 0.170. The molecule has 1 aromatic rings. The first kappa shape index (κ1) is 13.0. The summed E-state index contributed by atoms with van der Waals surface area (Å²) in [6.45, 7) is 7.27. The van der Waals surface area contributed by atoms with Crippen LogP contribution in [0.3, 0.4) is 0 Å². The summed E-state index contributed by atoms with van der Waals surface area (Å²) < 4.78 is 27.7. The van der Waals surface area contributed by atoms with Crippen molar-refractivity contribution in [3.63, 3.8) is 0 Å². The number of anilines is 1. The summed E-state index contributed by atoms with van der Waals surface area (Å²) >= 11 is 0. The lowest BCUT2D eigenvalue weighted by molar-refractivity contribution is 0.539. The Morgan fingerprint density at radius 1 is 1.38 bits per heavy atom. The van der Waals surface area contributed by atoms with Gasteiger partial charge in [-0.3, -0.25) is 0 Å². The van der Waals surface area contributed by atoms with E-state index in [1.807, 2.05) is 13.8 Å². The van der Waals surface area contributed by atoms with Crippen molar-refractivity contribution in [3.05, 3.63) is 6.20 Å². The Labute approximate surface area is 95.9 Å². The third-order valence-electron chi connectivity index (χ3n) is 1.97. The zero-order valence-electron chi connectivity index (χ0n) is 9.93. The minimum absolute atomic E-state index is 0.0306. The molecule has 0 aliphatic heterocycles. The highest BCUT2D eigenvalue weighted by Gasteiger charge is 2.22. The Morgan fingerprint density at radius 2 is 1.94 bits per heavy atom. The van der Waals surface area contributed by atoms with Gasteiger partial charge in [-0.15, -0.1) is 0 Å². The number of hydrogen-bond donors (Lipinski definition) is 2. The fourth-order valence-corrected chi connectivity index (χ4v) is 2.65. The predicted molar refractivity (Wildman–Crippen MR) is 62.5 cm³/mol. The van der Waals surface area contributed by atoms with Crippen LogP contribution in [0.25, 0.3) is 0 Å². The van der Waals surface area contributed by atoms with Crippen molar-refractivity contribution < 1.29 is 8.42 Å². The molecule has 0 bridgehead atoms. The van der Waals surface area contributed by atoms with Gasteiger partial charge in [-0.1, -0.05) is 0 Å². The second kappa shape index (κ2) is 4.42. The van der Waals surface area contributed by atoms with Gasteiger partial charge < -0.3 is 5.73 Å². The molecule has 0 saturated heterocycles. The van der Waals surface area contributed by atoms with Crippen LogP contribution in [-0.2, 0) is 10.0 Å². The van der Waals surface area contributed by atoms with Crippen LogP contribution >= 0.6 is 0 Å². The maximum absolute atomic E-state index is 11.9. The number of nitrogens with one attached hydrogen (secondary N) is 1. The topological polar surface area (TPSA) is 90.0 Å². The number of nitrogens with zero attached hydrogens (tertiary/aromatic N) is 2. The van der Waals surface area contributed by atoms with Crippen LogP contribution in [0, 0.1) is 0 Å². The van der Waals surface area contributed by atoms with E-state index in [1.165, 1.54) is 10.9 Å². The Balaban J connectivity index is 3.15. The lowest BCUT2D eigenvalue weighted by atomic mass is 10.4. The molecule has 3 N–H and O–H groups in total. The lowest BCUT2D eigenvalue weighted by Gasteiger charge is -2.10. The van der Waals surface area contributed by atoms with Crippen molar-refractivity contribution in [1.82, 2.24) is 14.5 Å². The van der Waals surface area contributed by atoms with E-state index in [0.717, 1.165) is 0 Å². The zero-order valence-corrected chi connectivity index (χ0v) is 10.7. The maximum Gasteiger partial charge on any atom is 0.246 e. The highest BCUT2D eigenvalue weighted by molar-refractivity contribution is 7.89. The number of hydrogen-bond acceptors (Lipinski definition) is 4. The van der Waals surface area contributed by atoms with Crippen LogP contribution < -0.4 is 10.5 Å². The molecule has 16 heavy (non-hydrogen) atoms. The molecule has 0 amide bonds. The minimum Gasteiger partial charge on any atom is -0.383 e. The van der Waals surface area contributed by atoms with Gasteiger partial charge in [0.25, 0.3) is 0 Å². The van der Waals surface area contributed by atoms with Crippen LogP contribution in [0.15, 0.2) is 11.1 Å². The van der Waals surface area contributed by atoms with Gasteiger partial charge in [-0.2, -0.15) is 5.10 Å². The first-order chi connectivity index (χ1) is 7.25. The molecule has 0 spiro atoms. The van der Waals surface area contributed by atoms with Crippen molar-refractivity contribution in [2.75, 3.05) is 5.73 Å². The summed E-state index contributed by atoms with van der Waals surface area (Å²) in [7, 11) is -3.56. The number of nitrogens with two attached hydrogens (primary N) is 1. The summed E-state index contributed by atoms with van der Waals surface area (Å²) in [6, 6.07) is -0.144. The molecule has 0 radical (unpaired) electrons. The summed E-state index contributed by atoms with van der Waals surface area (Å²) in [5.41, 5.74) is 5.75. The molecule has 0 aliphatic rings. The Morgan fingerprint density at radius 3 is 2.31 bits per heavy atom. The van der Waals surface area contributed by atoms with Gasteiger partial charge in [0.15, 0.2) is 0 Å². The van der Waals surface area contributed by atoms with Crippen molar-refractivity contribution in [2.24, 2.45) is 0 Å². The van der Waals surface area contributed by atoms with Crippen LogP contribution in [0.5, 0.6) is 0 Å². The van der Waals surface area contributed by atoms with Gasteiger partial charge in [0.1, 0.15) is 10.7 Å². The molecule has 0 aromatic carbocycles. The molecule has 6 nitrogen and oxygen atoms in total. The van der Waals surface area contributed by atoms with Crippen LogP contribution in [0.2, 0.25) is 0 Å². The molecular formula is C9H18N4O2S. The highest BCUT2D eigenvalue weighted by atomic mass is 32.2. The summed E-state index contributed by atoms with van der Waals surface area (Å²) in [5, 5.41) is 3.96. The normalized spacial score (nSPS) is 12.6. The molecule has 7 heteroatoms. The predicted octanol–water partition coefficient (Wildman–Crippen LogP) is 0.733. The molecule has 1 heterocycles. The van der Waals surface area contributed by atoms with Gasteiger partial charge in [-0.25, -0.2) is 17.8 Å². The van der Waals surface area contributed by atoms with E-state index >= 15 is 0 Å². The number of sulfonamides is 1. The number of nitrogen functional groups attached to an aromatic ring is 1. The molecular weight excluding hydrogens is 228 g/mol. The van der Waals surface area contributed by atoms with E-state index in [9.17, 15) is 8.42 Å². The molecule has 1 rings (SSSR count). The van der Waals surface area contributed by atoms with E-state index in [0.29, 0.717) is 0 Å². The van der Waals surface area contributed by atoms with Gasteiger partial charge >= 0.3 is 0 Å². The standard InChI is InChI=1S/C9H18N4O2S/c1-6(2)12-16(14,15)8-5-11-13(7(3)4)9(8)10/h5-7,12H,10H2,1-4H3. The van der Waals surface area contributed by atoms with E-state index < -0.39 is 10.0 Å². The Kier molecular flexibility index (Phi) is 3.59. The largest absolute Gasteiger partial charge is 0.383 e. The molecule has 0 fully saturated rings. The Hall–Kier alpha value is -1.08. The van der Waals surface area contributed by atoms with Crippen LogP contribution in [0.1, 0.15) is 33.7 Å². The van der Waals surface area contributed by atoms with Gasteiger partial charge in [0.2, 0.25) is 10.0 Å². The first-order valence-corrected chi connectivity index (χ1v) is 6.59. The number of rotatable bonds is 4. The summed E-state index contributed by atoms with van der Waals surface area (Å²) in [6.07, 6.45) is 1.28. The molecule has 0 atom stereocenters. The second-order valence-electron chi connectivity index (χ2n) is 4.21. The molecule has 0 unspecified atom stereocenters. The summed E-state index contributed by atoms with van der Waals surface area (Å²) in [4.78, 5) is 0.0369. The Bertz CT molecular complexity index is 462. The van der Waals surface area contributed by atoms with E-state index in [4.69, 9.17) is 5.73 Å². The van der Waals surface area contributed by atoms with Gasteiger partial charge in [0.05, 0.1) is 6.20 Å². The van der Waals surface area contributed by atoms with Crippen LogP contribution in [0.4, 0.5) is 5.82 Å². The smallest absolute Gasteiger partial charge is 0.246 e. The lowest BCUT2D eigenvalue weighted by Crippen LogP contribution is -2.30. The quantitative estimate of drug-likeness (QED) is 0.819. The van der Waals surface area contributed by atoms with Crippen LogP contribution in [-0.4, -0.2) is 24.2 Å². The van der Waals surface area contributed by atoms with Gasteiger partial charge in [-0.05, 0) is 27.7 Å². The van der Waals surface area contributed by atoms with Gasteiger partial charge in [0, 0.05) is 12.1 Å². The van der Waals surface area contributed by atoms with Crippen molar-refractivity contribution in [3.8, 4) is 0 Å². The minimum atomic E-state index is -3.56. The monoisotopic (exact) mass is 246 g/mol. The molecule has 0 aliphatic carbocycles. The fraction of sp³-hybridized carbons (Fsp3) is 0.667. The first-order valence-electron chi connectivity index (χ1n) is 5.11. The maximum atomic E-state index is 11.9. The van der Waals surface area contributed by atoms with Crippen molar-refractivity contribution >= 4 is 15.8 Å². The SMILES string of the molecule is CC(C)NS(=O)(=O)c1cnn(C(C)C)c1N. The third-order valence-corrected chi connectivity index (χ3v) is 3.64. The number of aromatic nitrogens is 2.